The fourth-order valence-electron chi connectivity index (χ4n) is 9.25. The molecule has 8 unspecified atom stereocenters. The summed E-state index contributed by atoms with van der Waals surface area (Å²) < 4.78 is 0. The Morgan fingerprint density at radius 2 is 1.73 bits per heavy atom. The van der Waals surface area contributed by atoms with E-state index in [4.69, 9.17) is 5.21 Å². The molecular formula is C27H46N2O4. The van der Waals surface area contributed by atoms with Crippen LogP contribution in [0.25, 0.3) is 0 Å². The molecule has 0 aromatic rings. The largest absolute Gasteiger partial charge is 0.393 e. The Morgan fingerprint density at radius 3 is 2.48 bits per heavy atom. The van der Waals surface area contributed by atoms with Crippen LogP contribution < -0.4 is 10.8 Å². The molecule has 0 aromatic carbocycles. The van der Waals surface area contributed by atoms with Gasteiger partial charge in [0.2, 0.25) is 11.8 Å². The highest BCUT2D eigenvalue weighted by molar-refractivity contribution is 5.78. The number of carbonyl (C=O) groups excluding carboxylic acids is 2. The maximum atomic E-state index is 12.3. The Bertz CT molecular complexity index is 729. The summed E-state index contributed by atoms with van der Waals surface area (Å²) >= 11 is 0. The molecule has 0 radical (unpaired) electrons. The van der Waals surface area contributed by atoms with Crippen molar-refractivity contribution in [2.75, 3.05) is 6.54 Å². The zero-order valence-corrected chi connectivity index (χ0v) is 20.9. The highest BCUT2D eigenvalue weighted by Gasteiger charge is 2.62. The molecule has 33 heavy (non-hydrogen) atoms. The van der Waals surface area contributed by atoms with E-state index in [1.807, 2.05) is 0 Å². The third-order valence-electron chi connectivity index (χ3n) is 11.0. The van der Waals surface area contributed by atoms with Crippen LogP contribution in [0.2, 0.25) is 0 Å². The molecule has 0 aromatic heterocycles. The average molecular weight is 463 g/mol. The first-order valence-corrected chi connectivity index (χ1v) is 13.6. The maximum Gasteiger partial charge on any atom is 0.245 e. The van der Waals surface area contributed by atoms with Gasteiger partial charge in [-0.1, -0.05) is 33.6 Å². The number of carbonyl (C=O) groups is 2. The standard InChI is InChI=1S/C27H46N2O4/c1-17(7-10-23(31)28-15-12-24(32)29-33)19-8-9-20-25-21(11-14-27(19,20)3)26(2)13-5-4-6-18(26)16-22(25)30/h17-22,25,30,33H,4-16H2,1-3H3,(H,28,31)(H,29,32)/t17-,18?,19?,20?,21?,22?,25?,26?,27?/m1/s1. The highest BCUT2D eigenvalue weighted by atomic mass is 16.5. The number of hydrogen-bond acceptors (Lipinski definition) is 4. The van der Waals surface area contributed by atoms with Crippen molar-refractivity contribution >= 4 is 11.8 Å². The second kappa shape index (κ2) is 9.85. The predicted octanol–water partition coefficient (Wildman–Crippen LogP) is 4.43. The SMILES string of the molecule is C[C@H](CCC(=O)NCCC(=O)NO)C1CCC2C3C(O)CC4CCCCC4(C)C3CCC21C. The highest BCUT2D eigenvalue weighted by Crippen LogP contribution is 2.68. The lowest BCUT2D eigenvalue weighted by molar-refractivity contribution is -0.164. The summed E-state index contributed by atoms with van der Waals surface area (Å²) in [6.45, 7) is 7.62. The third kappa shape index (κ3) is 4.59. The van der Waals surface area contributed by atoms with E-state index in [1.165, 1.54) is 51.4 Å². The van der Waals surface area contributed by atoms with Gasteiger partial charge in [-0.25, -0.2) is 5.48 Å². The Balaban J connectivity index is 1.37. The van der Waals surface area contributed by atoms with Gasteiger partial charge in [-0.15, -0.1) is 0 Å². The predicted molar refractivity (Wildman–Crippen MR) is 127 cm³/mol. The number of aliphatic hydroxyl groups is 1. The van der Waals surface area contributed by atoms with Crippen LogP contribution in [0.1, 0.15) is 97.8 Å². The number of aliphatic hydroxyl groups excluding tert-OH is 1. The molecule has 4 saturated carbocycles. The summed E-state index contributed by atoms with van der Waals surface area (Å²) in [7, 11) is 0. The van der Waals surface area contributed by atoms with E-state index in [2.05, 4.69) is 26.1 Å². The van der Waals surface area contributed by atoms with Gasteiger partial charge in [0.15, 0.2) is 0 Å². The van der Waals surface area contributed by atoms with Crippen molar-refractivity contribution in [3.05, 3.63) is 0 Å². The maximum absolute atomic E-state index is 12.3. The Kier molecular flexibility index (Phi) is 7.45. The van der Waals surface area contributed by atoms with Crippen LogP contribution >= 0.6 is 0 Å². The van der Waals surface area contributed by atoms with E-state index in [9.17, 15) is 14.7 Å². The van der Waals surface area contributed by atoms with Crippen molar-refractivity contribution in [3.8, 4) is 0 Å². The molecule has 0 bridgehead atoms. The number of fused-ring (bicyclic) bond motifs is 5. The number of rotatable bonds is 7. The summed E-state index contributed by atoms with van der Waals surface area (Å²) in [6, 6.07) is 0. The number of hydroxylamine groups is 1. The molecule has 4 fully saturated rings. The second-order valence-corrected chi connectivity index (χ2v) is 12.4. The molecule has 4 rings (SSSR count). The van der Waals surface area contributed by atoms with Gasteiger partial charge < -0.3 is 10.4 Å². The third-order valence-corrected chi connectivity index (χ3v) is 11.0. The minimum absolute atomic E-state index is 0.0186. The van der Waals surface area contributed by atoms with Gasteiger partial charge in [-0.3, -0.25) is 14.8 Å². The fourth-order valence-corrected chi connectivity index (χ4v) is 9.25. The molecule has 6 nitrogen and oxygen atoms in total. The lowest BCUT2D eigenvalue weighted by atomic mass is 9.44. The lowest BCUT2D eigenvalue weighted by Gasteiger charge is -2.62. The first-order chi connectivity index (χ1) is 15.7. The molecule has 9 atom stereocenters. The van der Waals surface area contributed by atoms with E-state index in [-0.39, 0.29) is 30.4 Å². The van der Waals surface area contributed by atoms with Crippen molar-refractivity contribution in [3.63, 3.8) is 0 Å². The Hall–Kier alpha value is -1.14. The number of amides is 2. The van der Waals surface area contributed by atoms with Crippen LogP contribution in [0.3, 0.4) is 0 Å². The molecule has 4 aliphatic rings. The van der Waals surface area contributed by atoms with Gasteiger partial charge in [-0.05, 0) is 97.7 Å². The molecule has 0 saturated heterocycles. The minimum Gasteiger partial charge on any atom is -0.393 e. The van der Waals surface area contributed by atoms with E-state index in [1.54, 1.807) is 5.48 Å². The summed E-state index contributed by atoms with van der Waals surface area (Å²) in [4.78, 5) is 23.4. The van der Waals surface area contributed by atoms with Crippen LogP contribution in [-0.4, -0.2) is 34.8 Å². The van der Waals surface area contributed by atoms with Gasteiger partial charge in [-0.2, -0.15) is 0 Å². The summed E-state index contributed by atoms with van der Waals surface area (Å²) in [5.41, 5.74) is 2.29. The van der Waals surface area contributed by atoms with Crippen molar-refractivity contribution < 1.29 is 19.9 Å². The molecular weight excluding hydrogens is 416 g/mol. The van der Waals surface area contributed by atoms with Crippen LogP contribution in [0.15, 0.2) is 0 Å². The minimum atomic E-state index is -0.484. The van der Waals surface area contributed by atoms with Gasteiger partial charge >= 0.3 is 0 Å². The van der Waals surface area contributed by atoms with Gasteiger partial charge in [0.1, 0.15) is 0 Å². The monoisotopic (exact) mass is 462 g/mol. The lowest BCUT2D eigenvalue weighted by Crippen LogP contribution is -2.57. The Labute approximate surface area is 199 Å². The normalized spacial score (nSPS) is 43.1. The van der Waals surface area contributed by atoms with Crippen LogP contribution in [0, 0.1) is 46.3 Å². The molecule has 4 aliphatic carbocycles. The van der Waals surface area contributed by atoms with E-state index in [0.717, 1.165) is 12.8 Å². The molecule has 188 valence electrons. The van der Waals surface area contributed by atoms with Crippen molar-refractivity contribution in [1.29, 1.82) is 0 Å². The van der Waals surface area contributed by atoms with Crippen molar-refractivity contribution in [1.82, 2.24) is 10.8 Å². The van der Waals surface area contributed by atoms with E-state index < -0.39 is 5.91 Å². The van der Waals surface area contributed by atoms with Gasteiger partial charge in [0.25, 0.3) is 0 Å². The van der Waals surface area contributed by atoms with Crippen LogP contribution in [-0.2, 0) is 9.59 Å². The summed E-state index contributed by atoms with van der Waals surface area (Å²) in [6.07, 6.45) is 12.7. The van der Waals surface area contributed by atoms with E-state index >= 15 is 0 Å². The van der Waals surface area contributed by atoms with Gasteiger partial charge in [0, 0.05) is 19.4 Å². The summed E-state index contributed by atoms with van der Waals surface area (Å²) in [5, 5.41) is 22.7. The zero-order valence-electron chi connectivity index (χ0n) is 20.9. The fraction of sp³-hybridized carbons (Fsp3) is 0.926. The zero-order chi connectivity index (χ0) is 23.8. The summed E-state index contributed by atoms with van der Waals surface area (Å²) in [5.74, 6) is 3.05. The first-order valence-electron chi connectivity index (χ1n) is 13.6. The van der Waals surface area contributed by atoms with Crippen LogP contribution in [0.5, 0.6) is 0 Å². The van der Waals surface area contributed by atoms with Crippen molar-refractivity contribution in [2.45, 2.75) is 104 Å². The molecule has 0 spiro atoms. The van der Waals surface area contributed by atoms with E-state index in [0.29, 0.717) is 47.3 Å². The Morgan fingerprint density at radius 1 is 0.970 bits per heavy atom. The molecule has 4 N–H and O–H groups in total. The number of nitrogens with one attached hydrogen (secondary N) is 2. The molecule has 2 amide bonds. The van der Waals surface area contributed by atoms with Crippen LogP contribution in [0.4, 0.5) is 0 Å². The second-order valence-electron chi connectivity index (χ2n) is 12.4. The first kappa shape index (κ1) is 25.0. The molecule has 0 aliphatic heterocycles. The smallest absolute Gasteiger partial charge is 0.245 e. The van der Waals surface area contributed by atoms with Crippen molar-refractivity contribution in [2.24, 2.45) is 46.3 Å². The molecule has 0 heterocycles. The average Bonchev–Trinajstić information content (AvgIpc) is 3.15. The quantitative estimate of drug-likeness (QED) is 0.332. The topological polar surface area (TPSA) is 98.7 Å². The van der Waals surface area contributed by atoms with Gasteiger partial charge in [0.05, 0.1) is 6.10 Å². The number of hydrogen-bond donors (Lipinski definition) is 4. The molecule has 6 heteroatoms.